The Morgan fingerprint density at radius 1 is 1.24 bits per heavy atom. The van der Waals surface area contributed by atoms with Gasteiger partial charge in [-0.1, -0.05) is 36.0 Å². The molecular weight excluding hydrogens is 275 g/mol. The molecule has 1 aromatic carbocycles. The van der Waals surface area contributed by atoms with Gasteiger partial charge in [0, 0.05) is 10.8 Å². The zero-order valence-corrected chi connectivity index (χ0v) is 11.7. The molecule has 1 saturated carbocycles. The Morgan fingerprint density at radius 3 is 2.59 bits per heavy atom. The van der Waals surface area contributed by atoms with E-state index in [-0.39, 0.29) is 0 Å². The lowest BCUT2D eigenvalue weighted by Crippen LogP contribution is -2.12. The van der Waals surface area contributed by atoms with E-state index in [4.69, 9.17) is 23.2 Å². The summed E-state index contributed by atoms with van der Waals surface area (Å²) in [5.41, 5.74) is 0. The first kappa shape index (κ1) is 13.3. The van der Waals surface area contributed by atoms with Crippen LogP contribution in [0.25, 0.3) is 0 Å². The van der Waals surface area contributed by atoms with E-state index < -0.39 is 0 Å². The number of carbonyl (C=O) groups is 1. The van der Waals surface area contributed by atoms with Crippen LogP contribution in [0.15, 0.2) is 23.1 Å². The summed E-state index contributed by atoms with van der Waals surface area (Å²) in [4.78, 5) is 12.9. The number of hydrogen-bond donors (Lipinski definition) is 0. The third kappa shape index (κ3) is 3.64. The summed E-state index contributed by atoms with van der Waals surface area (Å²) in [7, 11) is 0. The molecular formula is C13H14Cl2OS. The molecule has 0 spiro atoms. The van der Waals surface area contributed by atoms with Gasteiger partial charge in [0.2, 0.25) is 0 Å². The van der Waals surface area contributed by atoms with Crippen LogP contribution in [0.1, 0.15) is 25.7 Å². The molecule has 1 aliphatic rings. The van der Waals surface area contributed by atoms with Crippen LogP contribution in [0.3, 0.4) is 0 Å². The van der Waals surface area contributed by atoms with E-state index in [1.807, 2.05) is 12.1 Å². The molecule has 92 valence electrons. The maximum Gasteiger partial charge on any atom is 0.146 e. The van der Waals surface area contributed by atoms with Crippen molar-refractivity contribution >= 4 is 40.7 Å². The highest BCUT2D eigenvalue weighted by Crippen LogP contribution is 2.30. The van der Waals surface area contributed by atoms with Crippen molar-refractivity contribution in [3.05, 3.63) is 28.2 Å². The number of ketones is 1. The molecule has 17 heavy (non-hydrogen) atoms. The van der Waals surface area contributed by atoms with Crippen molar-refractivity contribution < 1.29 is 4.79 Å². The standard InChI is InChI=1S/C13H14Cl2OS/c14-11-6-5-10(7-12(11)15)17-8-13(16)9-3-1-2-4-9/h5-7,9H,1-4,8H2. The molecule has 2 rings (SSSR count). The normalized spacial score (nSPS) is 16.4. The van der Waals surface area contributed by atoms with Crippen LogP contribution >= 0.6 is 35.0 Å². The summed E-state index contributed by atoms with van der Waals surface area (Å²) in [6.07, 6.45) is 4.54. The van der Waals surface area contributed by atoms with Gasteiger partial charge in [-0.05, 0) is 31.0 Å². The van der Waals surface area contributed by atoms with Gasteiger partial charge >= 0.3 is 0 Å². The average Bonchev–Trinajstić information content (AvgIpc) is 2.84. The van der Waals surface area contributed by atoms with Crippen LogP contribution < -0.4 is 0 Å². The lowest BCUT2D eigenvalue weighted by Gasteiger charge is -2.07. The number of benzene rings is 1. The quantitative estimate of drug-likeness (QED) is 0.737. The van der Waals surface area contributed by atoms with Crippen molar-refractivity contribution in [3.8, 4) is 0 Å². The maximum atomic E-state index is 11.9. The lowest BCUT2D eigenvalue weighted by molar-refractivity contribution is -0.120. The molecule has 0 amide bonds. The van der Waals surface area contributed by atoms with Gasteiger partial charge < -0.3 is 0 Å². The highest BCUT2D eigenvalue weighted by atomic mass is 35.5. The number of carbonyl (C=O) groups excluding carboxylic acids is 1. The van der Waals surface area contributed by atoms with Crippen LogP contribution in [0.4, 0.5) is 0 Å². The minimum absolute atomic E-state index is 0.297. The predicted octanol–water partition coefficient (Wildman–Crippen LogP) is 4.84. The van der Waals surface area contributed by atoms with Crippen molar-refractivity contribution in [1.82, 2.24) is 0 Å². The molecule has 1 aliphatic carbocycles. The van der Waals surface area contributed by atoms with E-state index in [0.29, 0.717) is 27.5 Å². The summed E-state index contributed by atoms with van der Waals surface area (Å²) in [5.74, 6) is 1.21. The first-order valence-corrected chi connectivity index (χ1v) is 7.51. The Morgan fingerprint density at radius 2 is 1.94 bits per heavy atom. The second kappa shape index (κ2) is 6.12. The third-order valence-corrected chi connectivity index (χ3v) is 4.84. The van der Waals surface area contributed by atoms with E-state index in [1.165, 1.54) is 12.8 Å². The van der Waals surface area contributed by atoms with Gasteiger partial charge in [0.25, 0.3) is 0 Å². The van der Waals surface area contributed by atoms with Crippen LogP contribution in [0, 0.1) is 5.92 Å². The molecule has 0 aliphatic heterocycles. The number of rotatable bonds is 4. The maximum absolute atomic E-state index is 11.9. The summed E-state index contributed by atoms with van der Waals surface area (Å²) in [6, 6.07) is 5.49. The zero-order chi connectivity index (χ0) is 12.3. The lowest BCUT2D eigenvalue weighted by atomic mass is 10.0. The number of Topliss-reactive ketones (excluding diaryl/α,β-unsaturated/α-hetero) is 1. The molecule has 4 heteroatoms. The molecule has 0 aromatic heterocycles. The molecule has 0 saturated heterocycles. The van der Waals surface area contributed by atoms with Gasteiger partial charge in [-0.2, -0.15) is 0 Å². The summed E-state index contributed by atoms with van der Waals surface area (Å²) in [5, 5.41) is 1.10. The second-order valence-corrected chi connectivity index (χ2v) is 6.18. The zero-order valence-electron chi connectivity index (χ0n) is 9.42. The van der Waals surface area contributed by atoms with E-state index in [0.717, 1.165) is 17.7 Å². The van der Waals surface area contributed by atoms with Gasteiger partial charge in [0.1, 0.15) is 5.78 Å². The Kier molecular flexibility index (Phi) is 4.78. The Bertz CT molecular complexity index is 414. The molecule has 1 nitrogen and oxygen atoms in total. The highest BCUT2D eigenvalue weighted by molar-refractivity contribution is 8.00. The fraction of sp³-hybridized carbons (Fsp3) is 0.462. The van der Waals surface area contributed by atoms with Crippen LogP contribution in [0.5, 0.6) is 0 Å². The Labute approximate surface area is 116 Å². The summed E-state index contributed by atoms with van der Waals surface area (Å²) < 4.78 is 0. The van der Waals surface area contributed by atoms with Crippen LogP contribution in [0.2, 0.25) is 10.0 Å². The summed E-state index contributed by atoms with van der Waals surface area (Å²) in [6.45, 7) is 0. The third-order valence-electron chi connectivity index (χ3n) is 3.08. The topological polar surface area (TPSA) is 17.1 Å². The van der Waals surface area contributed by atoms with Crippen molar-refractivity contribution in [2.24, 2.45) is 5.92 Å². The molecule has 0 heterocycles. The van der Waals surface area contributed by atoms with Gasteiger partial charge in [0.15, 0.2) is 0 Å². The average molecular weight is 289 g/mol. The summed E-state index contributed by atoms with van der Waals surface area (Å²) >= 11 is 13.3. The first-order valence-electron chi connectivity index (χ1n) is 5.77. The van der Waals surface area contributed by atoms with Crippen molar-refractivity contribution in [3.63, 3.8) is 0 Å². The largest absolute Gasteiger partial charge is 0.298 e. The second-order valence-electron chi connectivity index (χ2n) is 4.31. The Balaban J connectivity index is 1.88. The predicted molar refractivity (Wildman–Crippen MR) is 74.2 cm³/mol. The van der Waals surface area contributed by atoms with Crippen LogP contribution in [-0.2, 0) is 4.79 Å². The molecule has 0 atom stereocenters. The Hall–Kier alpha value is -0.180. The van der Waals surface area contributed by atoms with Gasteiger partial charge in [-0.3, -0.25) is 4.79 Å². The fourth-order valence-electron chi connectivity index (χ4n) is 2.09. The van der Waals surface area contributed by atoms with E-state index in [2.05, 4.69) is 0 Å². The molecule has 0 radical (unpaired) electrons. The molecule has 0 N–H and O–H groups in total. The number of thioether (sulfide) groups is 1. The minimum Gasteiger partial charge on any atom is -0.298 e. The van der Waals surface area contributed by atoms with Gasteiger partial charge in [0.05, 0.1) is 15.8 Å². The molecule has 0 unspecified atom stereocenters. The van der Waals surface area contributed by atoms with Gasteiger partial charge in [-0.15, -0.1) is 11.8 Å². The number of halogens is 2. The van der Waals surface area contributed by atoms with E-state index in [9.17, 15) is 4.79 Å². The SMILES string of the molecule is O=C(CSc1ccc(Cl)c(Cl)c1)C1CCCC1. The first-order chi connectivity index (χ1) is 8.16. The molecule has 1 aromatic rings. The number of hydrogen-bond acceptors (Lipinski definition) is 2. The molecule has 0 bridgehead atoms. The van der Waals surface area contributed by atoms with Gasteiger partial charge in [-0.25, -0.2) is 0 Å². The van der Waals surface area contributed by atoms with E-state index >= 15 is 0 Å². The van der Waals surface area contributed by atoms with Crippen molar-refractivity contribution in [2.45, 2.75) is 30.6 Å². The van der Waals surface area contributed by atoms with Crippen molar-refractivity contribution in [2.75, 3.05) is 5.75 Å². The molecule has 1 fully saturated rings. The van der Waals surface area contributed by atoms with E-state index in [1.54, 1.807) is 17.8 Å². The highest BCUT2D eigenvalue weighted by Gasteiger charge is 2.22. The van der Waals surface area contributed by atoms with Crippen LogP contribution in [-0.4, -0.2) is 11.5 Å². The minimum atomic E-state index is 0.297. The smallest absolute Gasteiger partial charge is 0.146 e. The van der Waals surface area contributed by atoms with Crippen molar-refractivity contribution in [1.29, 1.82) is 0 Å². The monoisotopic (exact) mass is 288 g/mol. The fourth-order valence-corrected chi connectivity index (χ4v) is 3.36.